The average Bonchev–Trinajstić information content (AvgIpc) is 3.20. The van der Waals surface area contributed by atoms with Crippen molar-refractivity contribution in [3.63, 3.8) is 0 Å². The van der Waals surface area contributed by atoms with E-state index in [4.69, 9.17) is 8.94 Å². The lowest BCUT2D eigenvalue weighted by molar-refractivity contribution is 0.0717. The molecule has 1 aliphatic rings. The van der Waals surface area contributed by atoms with Gasteiger partial charge in [0.1, 0.15) is 17.2 Å². The number of rotatable bonds is 3. The van der Waals surface area contributed by atoms with Crippen molar-refractivity contribution in [2.45, 2.75) is 26.3 Å². The molecule has 4 rings (SSSR count). The van der Waals surface area contributed by atoms with Crippen molar-refractivity contribution >= 4 is 5.91 Å². The Bertz CT molecular complexity index is 867. The number of aryl methyl sites for hydroxylation is 1. The van der Waals surface area contributed by atoms with Gasteiger partial charge in [0, 0.05) is 25.5 Å². The lowest BCUT2D eigenvalue weighted by Crippen LogP contribution is -2.36. The van der Waals surface area contributed by atoms with Gasteiger partial charge >= 0.3 is 0 Å². The molecule has 6 nitrogen and oxygen atoms in total. The highest BCUT2D eigenvalue weighted by molar-refractivity contribution is 5.92. The number of nitrogens with zero attached hydrogens (tertiary/aromatic N) is 3. The molecule has 1 aliphatic heterocycles. The van der Waals surface area contributed by atoms with Gasteiger partial charge < -0.3 is 13.8 Å². The first-order chi connectivity index (χ1) is 11.7. The zero-order chi connectivity index (χ0) is 16.5. The summed E-state index contributed by atoms with van der Waals surface area (Å²) in [6, 6.07) is 11.7. The van der Waals surface area contributed by atoms with Crippen molar-refractivity contribution in [3.05, 3.63) is 70.8 Å². The molecule has 2 aromatic heterocycles. The van der Waals surface area contributed by atoms with Crippen LogP contribution in [-0.4, -0.2) is 27.5 Å². The lowest BCUT2D eigenvalue weighted by atomic mass is 10.1. The second-order valence-electron chi connectivity index (χ2n) is 5.94. The Morgan fingerprint density at radius 2 is 2.12 bits per heavy atom. The van der Waals surface area contributed by atoms with E-state index in [1.807, 2.05) is 30.3 Å². The Hall–Kier alpha value is -2.89. The molecule has 0 fully saturated rings. The van der Waals surface area contributed by atoms with Gasteiger partial charge in [-0.05, 0) is 12.5 Å². The normalized spacial score (nSPS) is 13.8. The first kappa shape index (κ1) is 14.7. The van der Waals surface area contributed by atoms with Gasteiger partial charge in [0.05, 0.1) is 6.54 Å². The van der Waals surface area contributed by atoms with E-state index in [0.717, 1.165) is 17.0 Å². The minimum absolute atomic E-state index is 0.134. The van der Waals surface area contributed by atoms with Crippen molar-refractivity contribution in [1.82, 2.24) is 15.0 Å². The Balaban J connectivity index is 1.50. The van der Waals surface area contributed by atoms with Crippen LogP contribution in [0.5, 0.6) is 0 Å². The maximum Gasteiger partial charge on any atom is 0.276 e. The number of aromatic nitrogens is 2. The first-order valence-electron chi connectivity index (χ1n) is 7.93. The van der Waals surface area contributed by atoms with E-state index >= 15 is 0 Å². The molecule has 0 spiro atoms. The molecule has 24 heavy (non-hydrogen) atoms. The number of amides is 1. The van der Waals surface area contributed by atoms with Gasteiger partial charge in [0.25, 0.3) is 5.91 Å². The van der Waals surface area contributed by atoms with Crippen molar-refractivity contribution < 1.29 is 13.7 Å². The van der Waals surface area contributed by atoms with E-state index in [9.17, 15) is 4.79 Å². The second-order valence-corrected chi connectivity index (χ2v) is 5.94. The molecule has 0 bridgehead atoms. The van der Waals surface area contributed by atoms with Gasteiger partial charge in [-0.1, -0.05) is 35.5 Å². The fraction of sp³-hybridized carbons (Fsp3) is 0.278. The van der Waals surface area contributed by atoms with E-state index in [2.05, 4.69) is 10.1 Å². The zero-order valence-electron chi connectivity index (χ0n) is 13.4. The predicted molar refractivity (Wildman–Crippen MR) is 85.4 cm³/mol. The Morgan fingerprint density at radius 1 is 1.29 bits per heavy atom. The number of carbonyl (C=O) groups excluding carboxylic acids is 1. The first-order valence-corrected chi connectivity index (χ1v) is 7.93. The van der Waals surface area contributed by atoms with Gasteiger partial charge in [0.15, 0.2) is 11.6 Å². The summed E-state index contributed by atoms with van der Waals surface area (Å²) >= 11 is 0. The number of carbonyl (C=O) groups is 1. The molecular formula is C18H17N3O3. The smallest absolute Gasteiger partial charge is 0.276 e. The van der Waals surface area contributed by atoms with Crippen molar-refractivity contribution in [3.8, 4) is 0 Å². The lowest BCUT2D eigenvalue weighted by Gasteiger charge is -2.24. The largest absolute Gasteiger partial charge is 0.445 e. The Labute approximate surface area is 139 Å². The summed E-state index contributed by atoms with van der Waals surface area (Å²) in [7, 11) is 0. The average molecular weight is 323 g/mol. The summed E-state index contributed by atoms with van der Waals surface area (Å²) in [5.74, 6) is 2.06. The maximum absolute atomic E-state index is 12.5. The minimum atomic E-state index is -0.134. The molecule has 0 saturated carbocycles. The van der Waals surface area contributed by atoms with Crippen LogP contribution in [0.4, 0.5) is 0 Å². The summed E-state index contributed by atoms with van der Waals surface area (Å²) < 4.78 is 10.8. The molecule has 0 saturated heterocycles. The summed E-state index contributed by atoms with van der Waals surface area (Å²) in [6.45, 7) is 2.81. The maximum atomic E-state index is 12.5. The summed E-state index contributed by atoms with van der Waals surface area (Å²) in [5.41, 5.74) is 2.33. The van der Waals surface area contributed by atoms with Crippen LogP contribution in [0.1, 0.15) is 39.2 Å². The molecule has 122 valence electrons. The van der Waals surface area contributed by atoms with Gasteiger partial charge in [-0.2, -0.15) is 0 Å². The fourth-order valence-corrected chi connectivity index (χ4v) is 2.90. The van der Waals surface area contributed by atoms with Crippen LogP contribution in [0.25, 0.3) is 0 Å². The van der Waals surface area contributed by atoms with Crippen LogP contribution in [0, 0.1) is 6.92 Å². The van der Waals surface area contributed by atoms with Crippen molar-refractivity contribution in [2.24, 2.45) is 0 Å². The molecule has 0 atom stereocenters. The Morgan fingerprint density at radius 3 is 2.88 bits per heavy atom. The quantitative estimate of drug-likeness (QED) is 0.741. The summed E-state index contributed by atoms with van der Waals surface area (Å²) in [5, 5.41) is 3.80. The van der Waals surface area contributed by atoms with Gasteiger partial charge in [0.2, 0.25) is 0 Å². The fourth-order valence-electron chi connectivity index (χ4n) is 2.90. The number of fused-ring (bicyclic) bond motifs is 1. The highest BCUT2D eigenvalue weighted by atomic mass is 16.5. The molecule has 0 radical (unpaired) electrons. The molecule has 1 aromatic carbocycles. The van der Waals surface area contributed by atoms with E-state index in [0.29, 0.717) is 43.3 Å². The summed E-state index contributed by atoms with van der Waals surface area (Å²) in [4.78, 5) is 18.8. The SMILES string of the molecule is Cc1cc(C(=O)N2CCc3oc(Cc4ccccc4)nc3C2)no1. The standard InChI is InChI=1S/C18H17N3O3/c1-12-9-14(20-24-12)18(22)21-8-7-16-15(11-21)19-17(23-16)10-13-5-3-2-4-6-13/h2-6,9H,7-8,10-11H2,1H3. The third-order valence-electron chi connectivity index (χ3n) is 4.10. The van der Waals surface area contributed by atoms with Crippen molar-refractivity contribution in [1.29, 1.82) is 0 Å². The van der Waals surface area contributed by atoms with E-state index < -0.39 is 0 Å². The number of benzene rings is 1. The van der Waals surface area contributed by atoms with Crippen LogP contribution in [0.2, 0.25) is 0 Å². The number of hydrogen-bond donors (Lipinski definition) is 0. The third kappa shape index (κ3) is 2.82. The van der Waals surface area contributed by atoms with Crippen LogP contribution < -0.4 is 0 Å². The monoisotopic (exact) mass is 323 g/mol. The van der Waals surface area contributed by atoms with Gasteiger partial charge in [-0.15, -0.1) is 0 Å². The molecule has 0 aliphatic carbocycles. The third-order valence-corrected chi connectivity index (χ3v) is 4.10. The molecule has 0 unspecified atom stereocenters. The van der Waals surface area contributed by atoms with E-state index in [1.165, 1.54) is 0 Å². The minimum Gasteiger partial charge on any atom is -0.445 e. The molecular weight excluding hydrogens is 306 g/mol. The van der Waals surface area contributed by atoms with Gasteiger partial charge in [-0.25, -0.2) is 4.98 Å². The summed E-state index contributed by atoms with van der Waals surface area (Å²) in [6.07, 6.45) is 1.32. The number of hydrogen-bond acceptors (Lipinski definition) is 5. The molecule has 3 heterocycles. The van der Waals surface area contributed by atoms with Gasteiger partial charge in [-0.3, -0.25) is 4.79 Å². The number of oxazole rings is 1. The molecule has 3 aromatic rings. The van der Waals surface area contributed by atoms with Crippen LogP contribution in [0.15, 0.2) is 45.3 Å². The predicted octanol–water partition coefficient (Wildman–Crippen LogP) is 2.76. The highest BCUT2D eigenvalue weighted by Crippen LogP contribution is 2.22. The van der Waals surface area contributed by atoms with E-state index in [-0.39, 0.29) is 5.91 Å². The molecule has 6 heteroatoms. The van der Waals surface area contributed by atoms with E-state index in [1.54, 1.807) is 17.9 Å². The highest BCUT2D eigenvalue weighted by Gasteiger charge is 2.27. The Kier molecular flexibility index (Phi) is 3.65. The molecule has 1 amide bonds. The van der Waals surface area contributed by atoms with Crippen molar-refractivity contribution in [2.75, 3.05) is 6.54 Å². The molecule has 0 N–H and O–H groups in total. The second kappa shape index (κ2) is 5.96. The zero-order valence-corrected chi connectivity index (χ0v) is 13.4. The van der Waals surface area contributed by atoms with Crippen LogP contribution >= 0.6 is 0 Å². The topological polar surface area (TPSA) is 72.4 Å². The van der Waals surface area contributed by atoms with Crippen LogP contribution in [0.3, 0.4) is 0 Å². The van der Waals surface area contributed by atoms with Crippen LogP contribution in [-0.2, 0) is 19.4 Å².